The van der Waals surface area contributed by atoms with Crippen LogP contribution in [0.4, 0.5) is 15.9 Å². The molecular weight excluding hydrogens is 245 g/mol. The molecule has 0 spiro atoms. The van der Waals surface area contributed by atoms with E-state index in [2.05, 4.69) is 10.3 Å². The highest BCUT2D eigenvalue weighted by Gasteiger charge is 2.16. The van der Waals surface area contributed by atoms with E-state index < -0.39 is 0 Å². The fraction of sp³-hybridized carbons (Fsp3) is 0.357. The predicted molar refractivity (Wildman–Crippen MR) is 73.6 cm³/mol. The van der Waals surface area contributed by atoms with Gasteiger partial charge in [0.15, 0.2) is 0 Å². The number of hydrogen-bond acceptors (Lipinski definition) is 4. The van der Waals surface area contributed by atoms with Crippen LogP contribution in [0.5, 0.6) is 0 Å². The molecule has 2 heterocycles. The second-order valence-corrected chi connectivity index (χ2v) is 4.73. The van der Waals surface area contributed by atoms with E-state index in [1.54, 1.807) is 18.3 Å². The van der Waals surface area contributed by atoms with Crippen molar-refractivity contribution in [3.8, 4) is 0 Å². The molecule has 4 nitrogen and oxygen atoms in total. The highest BCUT2D eigenvalue weighted by Crippen LogP contribution is 2.29. The predicted octanol–water partition coefficient (Wildman–Crippen LogP) is 2.55. The molecule has 5 heteroatoms. The lowest BCUT2D eigenvalue weighted by Gasteiger charge is -2.14. The smallest absolute Gasteiger partial charge is 0.136 e. The maximum absolute atomic E-state index is 13.8. The molecule has 1 aromatic heterocycles. The quantitative estimate of drug-likeness (QED) is 0.834. The molecule has 3 rings (SSSR count). The van der Waals surface area contributed by atoms with E-state index in [1.165, 1.54) is 6.07 Å². The third-order valence-electron chi connectivity index (χ3n) is 3.43. The van der Waals surface area contributed by atoms with Crippen LogP contribution >= 0.6 is 0 Å². The van der Waals surface area contributed by atoms with Crippen LogP contribution in [0.25, 0.3) is 10.8 Å². The van der Waals surface area contributed by atoms with Crippen molar-refractivity contribution in [3.63, 3.8) is 0 Å². The first kappa shape index (κ1) is 12.2. The van der Waals surface area contributed by atoms with Gasteiger partial charge in [0.2, 0.25) is 0 Å². The number of hydrogen-bond donors (Lipinski definition) is 2. The SMILES string of the molecule is Nc1ccc(F)c2ccnc(NCC3CCCO3)c12. The van der Waals surface area contributed by atoms with Gasteiger partial charge in [-0.25, -0.2) is 9.37 Å². The van der Waals surface area contributed by atoms with Gasteiger partial charge in [-0.1, -0.05) is 0 Å². The summed E-state index contributed by atoms with van der Waals surface area (Å²) < 4.78 is 19.3. The fourth-order valence-corrected chi connectivity index (χ4v) is 2.44. The van der Waals surface area contributed by atoms with Crippen molar-refractivity contribution in [2.24, 2.45) is 0 Å². The normalized spacial score (nSPS) is 18.9. The first-order valence-electron chi connectivity index (χ1n) is 6.44. The molecule has 2 aromatic rings. The van der Waals surface area contributed by atoms with E-state index in [0.717, 1.165) is 19.4 Å². The van der Waals surface area contributed by atoms with E-state index >= 15 is 0 Å². The van der Waals surface area contributed by atoms with Gasteiger partial charge in [-0.3, -0.25) is 0 Å². The molecule has 1 atom stereocenters. The summed E-state index contributed by atoms with van der Waals surface area (Å²) in [6.45, 7) is 1.48. The van der Waals surface area contributed by atoms with Gasteiger partial charge in [0.25, 0.3) is 0 Å². The van der Waals surface area contributed by atoms with Crippen molar-refractivity contribution in [1.82, 2.24) is 4.98 Å². The van der Waals surface area contributed by atoms with Gasteiger partial charge in [0, 0.05) is 30.4 Å². The number of nitrogen functional groups attached to an aromatic ring is 1. The Hall–Kier alpha value is -1.88. The van der Waals surface area contributed by atoms with Gasteiger partial charge < -0.3 is 15.8 Å². The molecule has 3 N–H and O–H groups in total. The van der Waals surface area contributed by atoms with Gasteiger partial charge in [-0.05, 0) is 31.0 Å². The molecule has 1 fully saturated rings. The highest BCUT2D eigenvalue weighted by molar-refractivity contribution is 6.00. The molecule has 1 unspecified atom stereocenters. The molecule has 0 saturated carbocycles. The van der Waals surface area contributed by atoms with Crippen LogP contribution in [-0.2, 0) is 4.74 Å². The summed E-state index contributed by atoms with van der Waals surface area (Å²) in [5.41, 5.74) is 6.46. The minimum absolute atomic E-state index is 0.201. The number of nitrogens with zero attached hydrogens (tertiary/aromatic N) is 1. The molecular formula is C14H16FN3O. The van der Waals surface area contributed by atoms with Crippen molar-refractivity contribution in [3.05, 3.63) is 30.2 Å². The zero-order valence-electron chi connectivity index (χ0n) is 10.5. The van der Waals surface area contributed by atoms with Crippen LogP contribution in [0.1, 0.15) is 12.8 Å². The summed E-state index contributed by atoms with van der Waals surface area (Å²) in [5, 5.41) is 4.34. The summed E-state index contributed by atoms with van der Waals surface area (Å²) in [6.07, 6.45) is 3.92. The minimum atomic E-state index is -0.285. The topological polar surface area (TPSA) is 60.2 Å². The van der Waals surface area contributed by atoms with Crippen LogP contribution < -0.4 is 11.1 Å². The average molecular weight is 261 g/mol. The maximum atomic E-state index is 13.8. The summed E-state index contributed by atoms with van der Waals surface area (Å²) in [6, 6.07) is 4.58. The summed E-state index contributed by atoms with van der Waals surface area (Å²) >= 11 is 0. The first-order valence-corrected chi connectivity index (χ1v) is 6.44. The number of anilines is 2. The molecule has 100 valence electrons. The largest absolute Gasteiger partial charge is 0.398 e. The monoisotopic (exact) mass is 261 g/mol. The number of halogens is 1. The lowest BCUT2D eigenvalue weighted by atomic mass is 10.1. The van der Waals surface area contributed by atoms with E-state index in [9.17, 15) is 4.39 Å². The number of rotatable bonds is 3. The van der Waals surface area contributed by atoms with Crippen LogP contribution in [-0.4, -0.2) is 24.2 Å². The third kappa shape index (κ3) is 2.33. The van der Waals surface area contributed by atoms with E-state index in [-0.39, 0.29) is 11.9 Å². The Kier molecular flexibility index (Phi) is 3.21. The molecule has 1 aliphatic rings. The van der Waals surface area contributed by atoms with Crippen molar-refractivity contribution in [2.75, 3.05) is 24.2 Å². The molecule has 1 saturated heterocycles. The van der Waals surface area contributed by atoms with E-state index in [0.29, 0.717) is 28.8 Å². The van der Waals surface area contributed by atoms with Crippen molar-refractivity contribution < 1.29 is 9.13 Å². The zero-order valence-corrected chi connectivity index (χ0v) is 10.5. The Balaban J connectivity index is 1.92. The van der Waals surface area contributed by atoms with Gasteiger partial charge in [0.1, 0.15) is 11.6 Å². The number of benzene rings is 1. The van der Waals surface area contributed by atoms with Crippen LogP contribution in [0.15, 0.2) is 24.4 Å². The number of fused-ring (bicyclic) bond motifs is 1. The lowest BCUT2D eigenvalue weighted by molar-refractivity contribution is 0.120. The zero-order chi connectivity index (χ0) is 13.2. The fourth-order valence-electron chi connectivity index (χ4n) is 2.44. The second kappa shape index (κ2) is 5.01. The summed E-state index contributed by atoms with van der Waals surface area (Å²) in [4.78, 5) is 4.26. The van der Waals surface area contributed by atoms with Crippen LogP contribution in [0, 0.1) is 5.82 Å². The number of nitrogens with one attached hydrogen (secondary N) is 1. The number of ether oxygens (including phenoxy) is 1. The molecule has 0 amide bonds. The van der Waals surface area contributed by atoms with Gasteiger partial charge >= 0.3 is 0 Å². The van der Waals surface area contributed by atoms with Gasteiger partial charge in [0.05, 0.1) is 11.5 Å². The first-order chi connectivity index (χ1) is 9.25. The van der Waals surface area contributed by atoms with Gasteiger partial charge in [-0.15, -0.1) is 0 Å². The molecule has 1 aromatic carbocycles. The van der Waals surface area contributed by atoms with Crippen molar-refractivity contribution in [2.45, 2.75) is 18.9 Å². The Labute approximate surface area is 110 Å². The Bertz CT molecular complexity index is 597. The van der Waals surface area contributed by atoms with Gasteiger partial charge in [-0.2, -0.15) is 0 Å². The molecule has 0 radical (unpaired) electrons. The lowest BCUT2D eigenvalue weighted by Crippen LogP contribution is -2.19. The van der Waals surface area contributed by atoms with E-state index in [1.807, 2.05) is 0 Å². The average Bonchev–Trinajstić information content (AvgIpc) is 2.94. The molecule has 0 aliphatic carbocycles. The molecule has 0 bridgehead atoms. The number of nitrogens with two attached hydrogens (primary N) is 1. The highest BCUT2D eigenvalue weighted by atomic mass is 19.1. The summed E-state index contributed by atoms with van der Waals surface area (Å²) in [7, 11) is 0. The number of aromatic nitrogens is 1. The third-order valence-corrected chi connectivity index (χ3v) is 3.43. The van der Waals surface area contributed by atoms with Crippen molar-refractivity contribution in [1.29, 1.82) is 0 Å². The Morgan fingerprint density at radius 2 is 2.32 bits per heavy atom. The van der Waals surface area contributed by atoms with Crippen LogP contribution in [0.2, 0.25) is 0 Å². The minimum Gasteiger partial charge on any atom is -0.398 e. The van der Waals surface area contributed by atoms with Crippen LogP contribution in [0.3, 0.4) is 0 Å². The van der Waals surface area contributed by atoms with Crippen molar-refractivity contribution >= 4 is 22.3 Å². The maximum Gasteiger partial charge on any atom is 0.136 e. The number of pyridine rings is 1. The van der Waals surface area contributed by atoms with E-state index in [4.69, 9.17) is 10.5 Å². The molecule has 19 heavy (non-hydrogen) atoms. The standard InChI is InChI=1S/C14H16FN3O/c15-11-3-4-12(16)13-10(11)5-6-17-14(13)18-8-9-2-1-7-19-9/h3-6,9H,1-2,7-8,16H2,(H,17,18). The Morgan fingerprint density at radius 3 is 3.11 bits per heavy atom. The second-order valence-electron chi connectivity index (χ2n) is 4.73. The summed E-state index contributed by atoms with van der Waals surface area (Å²) in [5.74, 6) is 0.330. The Morgan fingerprint density at radius 1 is 1.42 bits per heavy atom. The molecule has 1 aliphatic heterocycles.